The van der Waals surface area contributed by atoms with Crippen LogP contribution in [0.5, 0.6) is 5.75 Å². The van der Waals surface area contributed by atoms with Gasteiger partial charge in [0.25, 0.3) is 0 Å². The lowest BCUT2D eigenvalue weighted by Gasteiger charge is -2.05. The monoisotopic (exact) mass is 295 g/mol. The van der Waals surface area contributed by atoms with Gasteiger partial charge in [-0.05, 0) is 30.7 Å². The Morgan fingerprint density at radius 3 is 2.71 bits per heavy atom. The Morgan fingerprint density at radius 1 is 1.19 bits per heavy atom. The molecule has 1 N–H and O–H groups in total. The second kappa shape index (κ2) is 7.22. The van der Waals surface area contributed by atoms with E-state index >= 15 is 0 Å². The molecule has 2 aromatic rings. The lowest BCUT2D eigenvalue weighted by atomic mass is 10.2. The van der Waals surface area contributed by atoms with Crippen LogP contribution >= 0.6 is 0 Å². The third-order valence-electron chi connectivity index (χ3n) is 2.86. The Labute approximate surface area is 122 Å². The predicted molar refractivity (Wildman–Crippen MR) is 75.9 cm³/mol. The average molecular weight is 295 g/mol. The molecule has 2 rings (SSSR count). The van der Waals surface area contributed by atoms with Crippen molar-refractivity contribution in [1.29, 1.82) is 0 Å². The summed E-state index contributed by atoms with van der Waals surface area (Å²) in [6.07, 6.45) is 1.66. The molecular formula is C16H19F2NO2. The van der Waals surface area contributed by atoms with Gasteiger partial charge in [0.05, 0.1) is 6.26 Å². The first-order chi connectivity index (χ1) is 10.0. The van der Waals surface area contributed by atoms with Crippen molar-refractivity contribution in [3.8, 4) is 5.75 Å². The highest BCUT2D eigenvalue weighted by molar-refractivity contribution is 5.24. The van der Waals surface area contributed by atoms with E-state index in [4.69, 9.17) is 9.15 Å². The number of benzene rings is 1. The van der Waals surface area contributed by atoms with Crippen molar-refractivity contribution in [2.45, 2.75) is 27.0 Å². The van der Waals surface area contributed by atoms with Gasteiger partial charge in [0, 0.05) is 18.2 Å². The maximum Gasteiger partial charge on any atom is 0.162 e. The van der Waals surface area contributed by atoms with E-state index in [-0.39, 0.29) is 12.4 Å². The Balaban J connectivity index is 1.83. The quantitative estimate of drug-likeness (QED) is 0.841. The maximum atomic E-state index is 13.0. The minimum atomic E-state index is -0.925. The molecule has 0 spiro atoms. The zero-order valence-electron chi connectivity index (χ0n) is 12.2. The molecular weight excluding hydrogens is 276 g/mol. The Hall–Kier alpha value is -1.88. The minimum absolute atomic E-state index is 0.176. The van der Waals surface area contributed by atoms with E-state index in [1.807, 2.05) is 6.07 Å². The summed E-state index contributed by atoms with van der Waals surface area (Å²) in [6.45, 7) is 6.13. The molecule has 5 heteroatoms. The van der Waals surface area contributed by atoms with Crippen LogP contribution < -0.4 is 10.1 Å². The van der Waals surface area contributed by atoms with Crippen LogP contribution in [0.15, 0.2) is 34.9 Å². The van der Waals surface area contributed by atoms with Crippen molar-refractivity contribution in [3.05, 3.63) is 53.5 Å². The minimum Gasteiger partial charge on any atom is -0.486 e. The smallest absolute Gasteiger partial charge is 0.162 e. The van der Waals surface area contributed by atoms with Gasteiger partial charge in [0.1, 0.15) is 18.1 Å². The van der Waals surface area contributed by atoms with Crippen LogP contribution in [0.3, 0.4) is 0 Å². The molecule has 3 nitrogen and oxygen atoms in total. The number of furan rings is 1. The molecule has 0 saturated heterocycles. The summed E-state index contributed by atoms with van der Waals surface area (Å²) < 4.78 is 36.5. The van der Waals surface area contributed by atoms with Crippen molar-refractivity contribution < 1.29 is 17.9 Å². The molecule has 21 heavy (non-hydrogen) atoms. The standard InChI is InChI=1S/C16H19F2NO2/c1-11(2)7-19-8-12-5-14(20-9-12)10-21-13-3-4-15(17)16(18)6-13/h3-6,9,11,19H,7-8,10H2,1-2H3. The van der Waals surface area contributed by atoms with Crippen LogP contribution in [-0.4, -0.2) is 6.54 Å². The number of hydrogen-bond acceptors (Lipinski definition) is 3. The Morgan fingerprint density at radius 2 is 2.00 bits per heavy atom. The fourth-order valence-electron chi connectivity index (χ4n) is 1.82. The van der Waals surface area contributed by atoms with Crippen molar-refractivity contribution in [2.24, 2.45) is 5.92 Å². The summed E-state index contributed by atoms with van der Waals surface area (Å²) in [7, 11) is 0. The van der Waals surface area contributed by atoms with Gasteiger partial charge in [-0.25, -0.2) is 8.78 Å². The van der Waals surface area contributed by atoms with Gasteiger partial charge in [0.2, 0.25) is 0 Å². The first-order valence-corrected chi connectivity index (χ1v) is 6.89. The summed E-state index contributed by atoms with van der Waals surface area (Å²) in [4.78, 5) is 0. The topological polar surface area (TPSA) is 34.4 Å². The molecule has 0 saturated carbocycles. The summed E-state index contributed by atoms with van der Waals surface area (Å²) in [5, 5.41) is 3.31. The number of rotatable bonds is 7. The van der Waals surface area contributed by atoms with Crippen LogP contribution in [0.25, 0.3) is 0 Å². The van der Waals surface area contributed by atoms with E-state index in [0.717, 1.165) is 30.8 Å². The molecule has 0 aliphatic rings. The molecule has 1 aromatic carbocycles. The van der Waals surface area contributed by atoms with Gasteiger partial charge in [-0.1, -0.05) is 13.8 Å². The van der Waals surface area contributed by atoms with Gasteiger partial charge in [0.15, 0.2) is 11.6 Å². The van der Waals surface area contributed by atoms with Crippen LogP contribution in [0.4, 0.5) is 8.78 Å². The SMILES string of the molecule is CC(C)CNCc1coc(COc2ccc(F)c(F)c2)c1. The number of hydrogen-bond donors (Lipinski definition) is 1. The highest BCUT2D eigenvalue weighted by Crippen LogP contribution is 2.17. The van der Waals surface area contributed by atoms with Crippen LogP contribution in [0.2, 0.25) is 0 Å². The van der Waals surface area contributed by atoms with E-state index in [1.54, 1.807) is 6.26 Å². The lowest BCUT2D eigenvalue weighted by molar-refractivity contribution is 0.268. The van der Waals surface area contributed by atoms with Crippen LogP contribution in [-0.2, 0) is 13.2 Å². The van der Waals surface area contributed by atoms with E-state index < -0.39 is 11.6 Å². The highest BCUT2D eigenvalue weighted by atomic mass is 19.2. The molecule has 0 unspecified atom stereocenters. The van der Waals surface area contributed by atoms with E-state index in [2.05, 4.69) is 19.2 Å². The van der Waals surface area contributed by atoms with Gasteiger partial charge < -0.3 is 14.5 Å². The summed E-state index contributed by atoms with van der Waals surface area (Å²) in [5.74, 6) is -0.316. The Kier molecular flexibility index (Phi) is 5.33. The molecule has 0 aliphatic carbocycles. The molecule has 1 aromatic heterocycles. The highest BCUT2D eigenvalue weighted by Gasteiger charge is 2.06. The van der Waals surface area contributed by atoms with Gasteiger partial charge in [-0.15, -0.1) is 0 Å². The number of ether oxygens (including phenoxy) is 1. The first-order valence-electron chi connectivity index (χ1n) is 6.89. The van der Waals surface area contributed by atoms with E-state index in [1.165, 1.54) is 6.07 Å². The summed E-state index contributed by atoms with van der Waals surface area (Å²) in [5.41, 5.74) is 1.03. The van der Waals surface area contributed by atoms with Crippen LogP contribution in [0, 0.1) is 17.6 Å². The van der Waals surface area contributed by atoms with Crippen molar-refractivity contribution in [3.63, 3.8) is 0 Å². The molecule has 0 atom stereocenters. The largest absolute Gasteiger partial charge is 0.486 e. The van der Waals surface area contributed by atoms with Gasteiger partial charge in [-0.2, -0.15) is 0 Å². The second-order valence-electron chi connectivity index (χ2n) is 5.31. The fraction of sp³-hybridized carbons (Fsp3) is 0.375. The van der Waals surface area contributed by atoms with E-state index in [0.29, 0.717) is 11.7 Å². The van der Waals surface area contributed by atoms with Crippen LogP contribution in [0.1, 0.15) is 25.2 Å². The average Bonchev–Trinajstić information content (AvgIpc) is 2.88. The first kappa shape index (κ1) is 15.5. The maximum absolute atomic E-state index is 13.0. The molecule has 0 fully saturated rings. The molecule has 1 heterocycles. The van der Waals surface area contributed by atoms with Gasteiger partial charge >= 0.3 is 0 Å². The normalized spacial score (nSPS) is 11.1. The molecule has 0 bridgehead atoms. The Bertz CT molecular complexity index is 581. The number of nitrogens with one attached hydrogen (secondary N) is 1. The summed E-state index contributed by atoms with van der Waals surface area (Å²) in [6, 6.07) is 5.32. The zero-order chi connectivity index (χ0) is 15.2. The molecule has 0 aliphatic heterocycles. The second-order valence-corrected chi connectivity index (χ2v) is 5.31. The van der Waals surface area contributed by atoms with Crippen molar-refractivity contribution in [2.75, 3.05) is 6.54 Å². The fourth-order valence-corrected chi connectivity index (χ4v) is 1.82. The third kappa shape index (κ3) is 4.86. The lowest BCUT2D eigenvalue weighted by Crippen LogP contribution is -2.18. The molecule has 0 amide bonds. The zero-order valence-corrected chi connectivity index (χ0v) is 12.2. The third-order valence-corrected chi connectivity index (χ3v) is 2.86. The van der Waals surface area contributed by atoms with Crippen molar-refractivity contribution >= 4 is 0 Å². The predicted octanol–water partition coefficient (Wildman–Crippen LogP) is 3.88. The van der Waals surface area contributed by atoms with E-state index in [9.17, 15) is 8.78 Å². The van der Waals surface area contributed by atoms with Crippen molar-refractivity contribution in [1.82, 2.24) is 5.32 Å². The number of halogens is 2. The molecule has 114 valence electrons. The van der Waals surface area contributed by atoms with Gasteiger partial charge in [-0.3, -0.25) is 0 Å². The molecule has 0 radical (unpaired) electrons. The summed E-state index contributed by atoms with van der Waals surface area (Å²) >= 11 is 0.